The molecule has 0 aliphatic rings. The second-order valence-corrected chi connectivity index (χ2v) is 7.70. The third-order valence-electron chi connectivity index (χ3n) is 2.94. The fourth-order valence-corrected chi connectivity index (χ4v) is 1.71. The molecule has 0 aliphatic carbocycles. The molecule has 1 aromatic rings. The van der Waals surface area contributed by atoms with E-state index in [2.05, 4.69) is 10.3 Å². The third-order valence-corrected chi connectivity index (χ3v) is 5.09. The van der Waals surface area contributed by atoms with E-state index >= 15 is 0 Å². The number of hydrogen-bond donors (Lipinski definition) is 2. The molecule has 2 N–H and O–H groups in total. The molecule has 5 nitrogen and oxygen atoms in total. The zero-order valence-corrected chi connectivity index (χ0v) is 12.0. The SMILES string of the molecule is Cc1ccc(O)c(CNCC(C)(C)S(C)(=O)=O)n1. The highest BCUT2D eigenvalue weighted by Gasteiger charge is 2.29. The van der Waals surface area contributed by atoms with E-state index < -0.39 is 14.6 Å². The summed E-state index contributed by atoms with van der Waals surface area (Å²) in [7, 11) is -3.12. The van der Waals surface area contributed by atoms with Gasteiger partial charge < -0.3 is 10.4 Å². The summed E-state index contributed by atoms with van der Waals surface area (Å²) in [5.41, 5.74) is 1.34. The molecule has 1 rings (SSSR count). The number of nitrogens with one attached hydrogen (secondary N) is 1. The summed E-state index contributed by atoms with van der Waals surface area (Å²) >= 11 is 0. The van der Waals surface area contributed by atoms with Crippen LogP contribution in [0.4, 0.5) is 0 Å². The highest BCUT2D eigenvalue weighted by atomic mass is 32.2. The average molecular weight is 272 g/mol. The Bertz CT molecular complexity index is 524. The number of pyridine rings is 1. The molecule has 0 fully saturated rings. The van der Waals surface area contributed by atoms with Crippen LogP contribution in [0.15, 0.2) is 12.1 Å². The number of nitrogens with zero attached hydrogens (tertiary/aromatic N) is 1. The maximum absolute atomic E-state index is 11.5. The second kappa shape index (κ2) is 5.24. The quantitative estimate of drug-likeness (QED) is 0.836. The van der Waals surface area contributed by atoms with Gasteiger partial charge in [0.05, 0.1) is 10.4 Å². The molecule has 0 radical (unpaired) electrons. The lowest BCUT2D eigenvalue weighted by atomic mass is 10.2. The maximum Gasteiger partial charge on any atom is 0.153 e. The van der Waals surface area contributed by atoms with Crippen LogP contribution < -0.4 is 5.32 Å². The summed E-state index contributed by atoms with van der Waals surface area (Å²) < 4.78 is 22.2. The van der Waals surface area contributed by atoms with Gasteiger partial charge in [0.1, 0.15) is 5.75 Å². The van der Waals surface area contributed by atoms with Crippen LogP contribution in [-0.2, 0) is 16.4 Å². The van der Waals surface area contributed by atoms with Crippen molar-refractivity contribution in [2.75, 3.05) is 12.8 Å². The van der Waals surface area contributed by atoms with Crippen molar-refractivity contribution in [3.8, 4) is 5.75 Å². The molecule has 0 unspecified atom stereocenters. The molecule has 0 atom stereocenters. The summed E-state index contributed by atoms with van der Waals surface area (Å²) in [5.74, 6) is 0.116. The normalized spacial score (nSPS) is 12.7. The van der Waals surface area contributed by atoms with Gasteiger partial charge in [-0.1, -0.05) is 0 Å². The molecule has 0 saturated carbocycles. The number of aromatic nitrogens is 1. The molecule has 0 bridgehead atoms. The first-order valence-electron chi connectivity index (χ1n) is 5.69. The van der Waals surface area contributed by atoms with Crippen LogP contribution in [0.1, 0.15) is 25.2 Å². The maximum atomic E-state index is 11.5. The molecule has 6 heteroatoms. The van der Waals surface area contributed by atoms with Crippen LogP contribution in [0.2, 0.25) is 0 Å². The van der Waals surface area contributed by atoms with Crippen LogP contribution >= 0.6 is 0 Å². The lowest BCUT2D eigenvalue weighted by molar-refractivity contribution is 0.455. The Labute approximate surface area is 108 Å². The van der Waals surface area contributed by atoms with Crippen molar-refractivity contribution in [1.82, 2.24) is 10.3 Å². The third kappa shape index (κ3) is 3.68. The minimum Gasteiger partial charge on any atom is -0.506 e. The highest BCUT2D eigenvalue weighted by Crippen LogP contribution is 2.16. The van der Waals surface area contributed by atoms with Gasteiger partial charge in [0, 0.05) is 25.0 Å². The van der Waals surface area contributed by atoms with Crippen LogP contribution in [-0.4, -0.2) is 36.1 Å². The van der Waals surface area contributed by atoms with Crippen molar-refractivity contribution in [3.63, 3.8) is 0 Å². The molecule has 0 spiro atoms. The Balaban J connectivity index is 2.65. The van der Waals surface area contributed by atoms with E-state index in [0.717, 1.165) is 5.69 Å². The molecular weight excluding hydrogens is 252 g/mol. The van der Waals surface area contributed by atoms with Crippen LogP contribution in [0.3, 0.4) is 0 Å². The van der Waals surface area contributed by atoms with E-state index in [0.29, 0.717) is 18.8 Å². The van der Waals surface area contributed by atoms with Gasteiger partial charge >= 0.3 is 0 Å². The number of aromatic hydroxyl groups is 1. The molecular formula is C12H20N2O3S. The largest absolute Gasteiger partial charge is 0.506 e. The van der Waals surface area contributed by atoms with Crippen molar-refractivity contribution in [2.24, 2.45) is 0 Å². The Morgan fingerprint density at radius 2 is 2.00 bits per heavy atom. The molecule has 0 saturated heterocycles. The van der Waals surface area contributed by atoms with Gasteiger partial charge in [-0.25, -0.2) is 8.42 Å². The van der Waals surface area contributed by atoms with Gasteiger partial charge in [-0.05, 0) is 32.9 Å². The molecule has 0 aliphatic heterocycles. The van der Waals surface area contributed by atoms with E-state index in [9.17, 15) is 13.5 Å². The topological polar surface area (TPSA) is 79.3 Å². The number of hydrogen-bond acceptors (Lipinski definition) is 5. The summed E-state index contributed by atoms with van der Waals surface area (Å²) in [6.07, 6.45) is 1.22. The lowest BCUT2D eigenvalue weighted by Crippen LogP contribution is -2.41. The Morgan fingerprint density at radius 3 is 2.56 bits per heavy atom. The summed E-state index contributed by atoms with van der Waals surface area (Å²) in [6.45, 7) is 5.81. The van der Waals surface area contributed by atoms with Crippen LogP contribution in [0.25, 0.3) is 0 Å². The fourth-order valence-electron chi connectivity index (χ4n) is 1.35. The monoisotopic (exact) mass is 272 g/mol. The standard InChI is InChI=1S/C12H20N2O3S/c1-9-5-6-11(15)10(14-9)7-13-8-12(2,3)18(4,16)17/h5-6,13,15H,7-8H2,1-4H3. The van der Waals surface area contributed by atoms with E-state index in [4.69, 9.17) is 0 Å². The predicted molar refractivity (Wildman–Crippen MR) is 71.3 cm³/mol. The predicted octanol–water partition coefficient (Wildman–Crippen LogP) is 1.01. The van der Waals surface area contributed by atoms with Gasteiger partial charge in [0.2, 0.25) is 0 Å². The van der Waals surface area contributed by atoms with Crippen molar-refractivity contribution >= 4 is 9.84 Å². The highest BCUT2D eigenvalue weighted by molar-refractivity contribution is 7.92. The molecule has 1 heterocycles. The molecule has 0 amide bonds. The molecule has 102 valence electrons. The van der Waals surface area contributed by atoms with Crippen molar-refractivity contribution in [1.29, 1.82) is 0 Å². The lowest BCUT2D eigenvalue weighted by Gasteiger charge is -2.22. The summed E-state index contributed by atoms with van der Waals surface area (Å²) in [6, 6.07) is 3.31. The van der Waals surface area contributed by atoms with Crippen molar-refractivity contribution in [3.05, 3.63) is 23.5 Å². The van der Waals surface area contributed by atoms with Gasteiger partial charge in [-0.15, -0.1) is 0 Å². The zero-order valence-electron chi connectivity index (χ0n) is 11.2. The second-order valence-electron chi connectivity index (χ2n) is 5.05. The molecule has 18 heavy (non-hydrogen) atoms. The van der Waals surface area contributed by atoms with Crippen LogP contribution in [0.5, 0.6) is 5.75 Å². The zero-order chi connectivity index (χ0) is 14.0. The molecule has 0 aromatic carbocycles. The van der Waals surface area contributed by atoms with Gasteiger partial charge in [0.25, 0.3) is 0 Å². The first-order valence-corrected chi connectivity index (χ1v) is 7.58. The van der Waals surface area contributed by atoms with Gasteiger partial charge in [-0.3, -0.25) is 4.98 Å². The van der Waals surface area contributed by atoms with Gasteiger partial charge in [0.15, 0.2) is 9.84 Å². The Morgan fingerprint density at radius 1 is 1.39 bits per heavy atom. The van der Waals surface area contributed by atoms with Gasteiger partial charge in [-0.2, -0.15) is 0 Å². The first-order chi connectivity index (χ1) is 8.13. The molecule has 1 aromatic heterocycles. The summed E-state index contributed by atoms with van der Waals surface area (Å²) in [5, 5.41) is 12.6. The Kier molecular flexibility index (Phi) is 4.34. The van der Waals surface area contributed by atoms with E-state index in [1.807, 2.05) is 6.92 Å². The van der Waals surface area contributed by atoms with Crippen molar-refractivity contribution < 1.29 is 13.5 Å². The average Bonchev–Trinajstić information content (AvgIpc) is 2.21. The minimum atomic E-state index is -3.12. The minimum absolute atomic E-state index is 0.116. The summed E-state index contributed by atoms with van der Waals surface area (Å²) in [4.78, 5) is 4.19. The fraction of sp³-hybridized carbons (Fsp3) is 0.583. The van der Waals surface area contributed by atoms with E-state index in [1.54, 1.807) is 26.0 Å². The first kappa shape index (κ1) is 14.9. The number of sulfone groups is 1. The van der Waals surface area contributed by atoms with E-state index in [-0.39, 0.29) is 5.75 Å². The van der Waals surface area contributed by atoms with E-state index in [1.165, 1.54) is 6.26 Å². The number of aryl methyl sites for hydroxylation is 1. The Hall–Kier alpha value is -1.14. The van der Waals surface area contributed by atoms with Crippen molar-refractivity contribution in [2.45, 2.75) is 32.1 Å². The smallest absolute Gasteiger partial charge is 0.153 e. The number of rotatable bonds is 5. The van der Waals surface area contributed by atoms with Crippen LogP contribution in [0, 0.1) is 6.92 Å².